The zero-order valence-electron chi connectivity index (χ0n) is 16.1. The van der Waals surface area contributed by atoms with E-state index < -0.39 is 17.8 Å². The molecular formula is C24H18BrFN2O2. The van der Waals surface area contributed by atoms with Crippen LogP contribution in [0.4, 0.5) is 4.39 Å². The Kier molecular flexibility index (Phi) is 5.50. The number of aromatic nitrogens is 1. The van der Waals surface area contributed by atoms with Crippen LogP contribution >= 0.6 is 15.9 Å². The SMILES string of the molecule is Cn1c(=O)cc(C(=O)NC(c2ccccc2)c2ccc(Br)cc2F)c2ccccc21. The molecule has 1 N–H and O–H groups in total. The maximum atomic E-state index is 14.8. The number of carbonyl (C=O) groups excluding carboxylic acids is 1. The molecule has 0 radical (unpaired) electrons. The van der Waals surface area contributed by atoms with Crippen LogP contribution in [0.15, 0.2) is 88.1 Å². The lowest BCUT2D eigenvalue weighted by atomic mass is 9.97. The monoisotopic (exact) mass is 464 g/mol. The highest BCUT2D eigenvalue weighted by atomic mass is 79.9. The third-order valence-electron chi connectivity index (χ3n) is 5.08. The van der Waals surface area contributed by atoms with Gasteiger partial charge in [-0.25, -0.2) is 4.39 Å². The van der Waals surface area contributed by atoms with Gasteiger partial charge in [-0.1, -0.05) is 70.5 Å². The standard InChI is InChI=1S/C24H18BrFN2O2/c1-28-21-10-6-5-9-17(21)19(14-22(28)29)24(30)27-23(15-7-3-2-4-8-15)18-12-11-16(25)13-20(18)26/h2-14,23H,1H3,(H,27,30). The number of benzene rings is 3. The normalized spacial score (nSPS) is 12.0. The first-order valence-electron chi connectivity index (χ1n) is 9.35. The first-order valence-corrected chi connectivity index (χ1v) is 10.1. The topological polar surface area (TPSA) is 51.1 Å². The molecule has 1 unspecified atom stereocenters. The molecule has 1 amide bonds. The van der Waals surface area contributed by atoms with Gasteiger partial charge in [0.1, 0.15) is 5.82 Å². The summed E-state index contributed by atoms with van der Waals surface area (Å²) < 4.78 is 16.9. The number of pyridine rings is 1. The van der Waals surface area contributed by atoms with Gasteiger partial charge in [0.15, 0.2) is 0 Å². The molecule has 30 heavy (non-hydrogen) atoms. The number of halogens is 2. The molecule has 1 aromatic heterocycles. The molecular weight excluding hydrogens is 447 g/mol. The molecule has 0 saturated carbocycles. The van der Waals surface area contributed by atoms with E-state index in [0.717, 1.165) is 5.56 Å². The van der Waals surface area contributed by atoms with Crippen LogP contribution in [-0.4, -0.2) is 10.5 Å². The largest absolute Gasteiger partial charge is 0.341 e. The van der Waals surface area contributed by atoms with E-state index in [2.05, 4.69) is 21.2 Å². The lowest BCUT2D eigenvalue weighted by molar-refractivity contribution is 0.0944. The quantitative estimate of drug-likeness (QED) is 0.463. The van der Waals surface area contributed by atoms with E-state index in [1.54, 1.807) is 31.3 Å². The summed E-state index contributed by atoms with van der Waals surface area (Å²) in [5, 5.41) is 3.58. The highest BCUT2D eigenvalue weighted by Gasteiger charge is 2.22. The number of rotatable bonds is 4. The lowest BCUT2D eigenvalue weighted by Crippen LogP contribution is -2.31. The van der Waals surface area contributed by atoms with Crippen LogP contribution in [0.25, 0.3) is 10.9 Å². The number of para-hydroxylation sites is 1. The van der Waals surface area contributed by atoms with Crippen molar-refractivity contribution in [2.45, 2.75) is 6.04 Å². The van der Waals surface area contributed by atoms with E-state index in [9.17, 15) is 14.0 Å². The molecule has 3 aromatic carbocycles. The molecule has 0 aliphatic carbocycles. The van der Waals surface area contributed by atoms with Crippen molar-refractivity contribution >= 4 is 32.7 Å². The summed E-state index contributed by atoms with van der Waals surface area (Å²) in [5.41, 5.74) is 1.70. The molecule has 6 heteroatoms. The highest BCUT2D eigenvalue weighted by Crippen LogP contribution is 2.27. The second kappa shape index (κ2) is 8.24. The van der Waals surface area contributed by atoms with Crippen LogP contribution in [0.1, 0.15) is 27.5 Å². The van der Waals surface area contributed by atoms with Crippen molar-refractivity contribution in [1.29, 1.82) is 0 Å². The molecule has 4 aromatic rings. The summed E-state index contributed by atoms with van der Waals surface area (Å²) in [7, 11) is 1.66. The maximum absolute atomic E-state index is 14.8. The lowest BCUT2D eigenvalue weighted by Gasteiger charge is -2.21. The van der Waals surface area contributed by atoms with Gasteiger partial charge in [0.05, 0.1) is 17.1 Å². The van der Waals surface area contributed by atoms with Crippen molar-refractivity contribution in [3.63, 3.8) is 0 Å². The minimum absolute atomic E-state index is 0.257. The minimum Gasteiger partial charge on any atom is -0.341 e. The Bertz CT molecular complexity index is 1300. The summed E-state index contributed by atoms with van der Waals surface area (Å²) in [6.45, 7) is 0. The first kappa shape index (κ1) is 20.0. The van der Waals surface area contributed by atoms with Crippen molar-refractivity contribution < 1.29 is 9.18 Å². The molecule has 0 aliphatic heterocycles. The molecule has 0 saturated heterocycles. The van der Waals surface area contributed by atoms with Gasteiger partial charge in [0, 0.05) is 28.5 Å². The molecule has 0 aliphatic rings. The number of amides is 1. The Hall–Kier alpha value is -3.25. The zero-order valence-corrected chi connectivity index (χ0v) is 17.7. The van der Waals surface area contributed by atoms with E-state index in [-0.39, 0.29) is 11.1 Å². The molecule has 150 valence electrons. The van der Waals surface area contributed by atoms with Crippen molar-refractivity contribution in [1.82, 2.24) is 9.88 Å². The Balaban J connectivity index is 1.81. The van der Waals surface area contributed by atoms with Crippen LogP contribution in [0.5, 0.6) is 0 Å². The van der Waals surface area contributed by atoms with Gasteiger partial charge in [-0.05, 0) is 23.8 Å². The number of nitrogens with one attached hydrogen (secondary N) is 1. The fraction of sp³-hybridized carbons (Fsp3) is 0.0833. The molecule has 4 rings (SSSR count). The minimum atomic E-state index is -0.713. The second-order valence-corrected chi connectivity index (χ2v) is 7.87. The molecule has 1 atom stereocenters. The van der Waals surface area contributed by atoms with Crippen LogP contribution in [0.2, 0.25) is 0 Å². The van der Waals surface area contributed by atoms with E-state index in [1.165, 1.54) is 16.7 Å². The Morgan fingerprint density at radius 3 is 2.43 bits per heavy atom. The molecule has 4 nitrogen and oxygen atoms in total. The summed E-state index contributed by atoms with van der Waals surface area (Å²) >= 11 is 3.27. The maximum Gasteiger partial charge on any atom is 0.252 e. The summed E-state index contributed by atoms with van der Waals surface area (Å²) in [6.07, 6.45) is 0. The van der Waals surface area contributed by atoms with Crippen LogP contribution in [-0.2, 0) is 7.05 Å². The number of nitrogens with zero attached hydrogens (tertiary/aromatic N) is 1. The van der Waals surface area contributed by atoms with E-state index in [1.807, 2.05) is 42.5 Å². The molecule has 0 fully saturated rings. The van der Waals surface area contributed by atoms with Crippen molar-refractivity contribution in [2.24, 2.45) is 7.05 Å². The summed E-state index contributed by atoms with van der Waals surface area (Å²) in [6, 6.07) is 21.7. The van der Waals surface area contributed by atoms with Crippen LogP contribution < -0.4 is 10.9 Å². The smallest absolute Gasteiger partial charge is 0.252 e. The van der Waals surface area contributed by atoms with Gasteiger partial charge in [0.2, 0.25) is 0 Å². The molecule has 0 bridgehead atoms. The highest BCUT2D eigenvalue weighted by molar-refractivity contribution is 9.10. The Labute approximate surface area is 181 Å². The van der Waals surface area contributed by atoms with Crippen LogP contribution in [0, 0.1) is 5.82 Å². The van der Waals surface area contributed by atoms with Crippen molar-refractivity contribution in [3.8, 4) is 0 Å². The number of hydrogen-bond donors (Lipinski definition) is 1. The van der Waals surface area contributed by atoms with Crippen molar-refractivity contribution in [3.05, 3.63) is 116 Å². The Morgan fingerprint density at radius 1 is 1.00 bits per heavy atom. The predicted molar refractivity (Wildman–Crippen MR) is 119 cm³/mol. The summed E-state index contributed by atoms with van der Waals surface area (Å²) in [5.74, 6) is -0.882. The third-order valence-corrected chi connectivity index (χ3v) is 5.57. The van der Waals surface area contributed by atoms with Gasteiger partial charge in [-0.3, -0.25) is 9.59 Å². The molecule has 1 heterocycles. The van der Waals surface area contributed by atoms with Crippen LogP contribution in [0.3, 0.4) is 0 Å². The van der Waals surface area contributed by atoms with Gasteiger partial charge < -0.3 is 9.88 Å². The van der Waals surface area contributed by atoms with E-state index >= 15 is 0 Å². The molecule has 0 spiro atoms. The number of hydrogen-bond acceptors (Lipinski definition) is 2. The fourth-order valence-electron chi connectivity index (χ4n) is 3.53. The van der Waals surface area contributed by atoms with Crippen molar-refractivity contribution in [2.75, 3.05) is 0 Å². The average molecular weight is 465 g/mol. The van der Waals surface area contributed by atoms with Gasteiger partial charge >= 0.3 is 0 Å². The second-order valence-electron chi connectivity index (χ2n) is 6.96. The fourth-order valence-corrected chi connectivity index (χ4v) is 3.86. The van der Waals surface area contributed by atoms with E-state index in [4.69, 9.17) is 0 Å². The third kappa shape index (κ3) is 3.78. The van der Waals surface area contributed by atoms with E-state index in [0.29, 0.717) is 20.9 Å². The predicted octanol–water partition coefficient (Wildman–Crippen LogP) is 4.96. The number of aryl methyl sites for hydroxylation is 1. The first-order chi connectivity index (χ1) is 14.5. The van der Waals surface area contributed by atoms with Gasteiger partial charge in [0.25, 0.3) is 11.5 Å². The Morgan fingerprint density at radius 2 is 1.70 bits per heavy atom. The van der Waals surface area contributed by atoms with Gasteiger partial charge in [-0.15, -0.1) is 0 Å². The number of carbonyl (C=O) groups is 1. The number of fused-ring (bicyclic) bond motifs is 1. The van der Waals surface area contributed by atoms with Gasteiger partial charge in [-0.2, -0.15) is 0 Å². The average Bonchev–Trinajstić information content (AvgIpc) is 2.75. The summed E-state index contributed by atoms with van der Waals surface area (Å²) in [4.78, 5) is 25.7. The zero-order chi connectivity index (χ0) is 21.3.